The van der Waals surface area contributed by atoms with Gasteiger partial charge >= 0.3 is 12.4 Å². The van der Waals surface area contributed by atoms with Crippen molar-refractivity contribution in [3.05, 3.63) is 178 Å². The van der Waals surface area contributed by atoms with Crippen LogP contribution in [0.25, 0.3) is 11.3 Å². The van der Waals surface area contributed by atoms with Crippen LogP contribution in [0, 0.1) is 23.7 Å². The van der Waals surface area contributed by atoms with Crippen LogP contribution < -0.4 is 10.6 Å². The van der Waals surface area contributed by atoms with E-state index in [-0.39, 0.29) is 46.7 Å². The third kappa shape index (κ3) is 13.0. The molecule has 2 fully saturated rings. The van der Waals surface area contributed by atoms with Crippen molar-refractivity contribution >= 4 is 34.5 Å². The number of β-amino-alcohol motifs (C(OH)–C–C–N with tert-alkyl or cyclic N) is 1. The number of aliphatic hydroxyl groups is 1. The van der Waals surface area contributed by atoms with E-state index in [4.69, 9.17) is 0 Å². The molecule has 0 spiro atoms. The SMILES string of the molecule is CC1(O)CN(Cc2ccc(NC(=O)c3cncc(C#Cc4cnc5cccnn45)c3)cc2C(F)(F)F)C1.CN1CCCN(Cc2ccc(NC(=O)c3cncc(C#Cc4cnc5cccnn45)c3)cc2C(F)(F)F)CC1. The first-order valence-corrected chi connectivity index (χ1v) is 23.7. The van der Waals surface area contributed by atoms with Crippen LogP contribution >= 0.6 is 0 Å². The zero-order chi connectivity index (χ0) is 53.6. The number of pyridine rings is 2. The summed E-state index contributed by atoms with van der Waals surface area (Å²) in [6, 6.07) is 17.8. The molecule has 16 nitrogen and oxygen atoms in total. The predicted molar refractivity (Wildman–Crippen MR) is 268 cm³/mol. The Balaban J connectivity index is 0.000000186. The molecule has 0 bridgehead atoms. The number of rotatable bonds is 8. The molecule has 0 radical (unpaired) electrons. The van der Waals surface area contributed by atoms with E-state index >= 15 is 0 Å². The molecule has 22 heteroatoms. The Hall–Kier alpha value is -8.54. The summed E-state index contributed by atoms with van der Waals surface area (Å²) in [5.41, 5.74) is 1.45. The zero-order valence-corrected chi connectivity index (χ0v) is 40.9. The number of hydrogen-bond acceptors (Lipinski definition) is 12. The summed E-state index contributed by atoms with van der Waals surface area (Å²) in [4.78, 5) is 48.1. The highest BCUT2D eigenvalue weighted by Gasteiger charge is 2.39. The Morgan fingerprint density at radius 1 is 0.618 bits per heavy atom. The van der Waals surface area contributed by atoms with Gasteiger partial charge in [0.2, 0.25) is 0 Å². The average molecular weight is 1040 g/mol. The lowest BCUT2D eigenvalue weighted by Gasteiger charge is -2.44. The van der Waals surface area contributed by atoms with Crippen LogP contribution in [-0.2, 0) is 25.4 Å². The van der Waals surface area contributed by atoms with Crippen LogP contribution in [0.5, 0.6) is 0 Å². The number of nitrogens with one attached hydrogen (secondary N) is 2. The molecule has 8 heterocycles. The lowest BCUT2D eigenvalue weighted by Crippen LogP contribution is -2.59. The average Bonchev–Trinajstić information content (AvgIpc) is 3.94. The second kappa shape index (κ2) is 22.1. The second-order valence-corrected chi connectivity index (χ2v) is 18.5. The molecule has 6 aromatic heterocycles. The summed E-state index contributed by atoms with van der Waals surface area (Å²) < 4.78 is 86.3. The van der Waals surface area contributed by atoms with Crippen molar-refractivity contribution in [1.82, 2.24) is 53.9 Å². The van der Waals surface area contributed by atoms with E-state index in [9.17, 15) is 41.0 Å². The van der Waals surface area contributed by atoms with Gasteiger partial charge in [-0.25, -0.2) is 19.0 Å². The third-order valence-electron chi connectivity index (χ3n) is 12.3. The first-order chi connectivity index (χ1) is 36.3. The lowest BCUT2D eigenvalue weighted by molar-refractivity contribution is -0.139. The monoisotopic (exact) mass is 1040 g/mol. The number of imidazole rings is 2. The summed E-state index contributed by atoms with van der Waals surface area (Å²) in [6.45, 7) is 5.64. The smallest absolute Gasteiger partial charge is 0.388 e. The largest absolute Gasteiger partial charge is 0.416 e. The molecule has 2 aliphatic heterocycles. The number of anilines is 2. The fourth-order valence-electron chi connectivity index (χ4n) is 8.65. The number of aromatic nitrogens is 8. The van der Waals surface area contributed by atoms with Crippen molar-refractivity contribution in [2.24, 2.45) is 0 Å². The molecule has 0 saturated carbocycles. The maximum Gasteiger partial charge on any atom is 0.416 e. The number of likely N-dealkylation sites (N-methyl/N-ethyl adjacent to an activating group) is 1. The summed E-state index contributed by atoms with van der Waals surface area (Å²) in [5, 5.41) is 23.3. The van der Waals surface area contributed by atoms with E-state index in [1.807, 2.05) is 11.9 Å². The van der Waals surface area contributed by atoms with Crippen LogP contribution in [0.4, 0.5) is 37.7 Å². The molecule has 76 heavy (non-hydrogen) atoms. The lowest BCUT2D eigenvalue weighted by atomic mass is 9.95. The summed E-state index contributed by atoms with van der Waals surface area (Å²) in [5.74, 6) is 10.5. The number of likely N-dealkylation sites (tertiary alicyclic amines) is 1. The minimum atomic E-state index is -4.60. The van der Waals surface area contributed by atoms with Gasteiger partial charge in [-0.05, 0) is 117 Å². The van der Waals surface area contributed by atoms with Crippen LogP contribution in [-0.4, -0.2) is 123 Å². The quantitative estimate of drug-likeness (QED) is 0.103. The first-order valence-electron chi connectivity index (χ1n) is 23.7. The van der Waals surface area contributed by atoms with Gasteiger partial charge in [0, 0.05) is 99.0 Å². The number of hydrogen-bond donors (Lipinski definition) is 3. The van der Waals surface area contributed by atoms with Gasteiger partial charge < -0.3 is 20.6 Å². The molecule has 0 aliphatic carbocycles. The maximum atomic E-state index is 14.0. The predicted octanol–water partition coefficient (Wildman–Crippen LogP) is 7.29. The molecule has 0 unspecified atom stereocenters. The number of fused-ring (bicyclic) bond motifs is 2. The molecule has 2 aromatic carbocycles. The fourth-order valence-corrected chi connectivity index (χ4v) is 8.65. The van der Waals surface area contributed by atoms with E-state index in [1.165, 1.54) is 61.2 Å². The Kier molecular flexibility index (Phi) is 15.2. The molecule has 10 rings (SSSR count). The fraction of sp³-hybridized carbons (Fsp3) is 0.259. The Morgan fingerprint density at radius 3 is 1.58 bits per heavy atom. The summed E-state index contributed by atoms with van der Waals surface area (Å²) >= 11 is 0. The number of carbonyl (C=O) groups excluding carboxylic acids is 2. The maximum absolute atomic E-state index is 14.0. The highest BCUT2D eigenvalue weighted by Crippen LogP contribution is 2.37. The van der Waals surface area contributed by atoms with E-state index < -0.39 is 40.9 Å². The van der Waals surface area contributed by atoms with E-state index in [2.05, 4.69) is 69.3 Å². The van der Waals surface area contributed by atoms with Gasteiger partial charge in [-0.3, -0.25) is 29.4 Å². The first kappa shape index (κ1) is 52.3. The van der Waals surface area contributed by atoms with Crippen molar-refractivity contribution in [3.8, 4) is 23.7 Å². The zero-order valence-electron chi connectivity index (χ0n) is 40.9. The van der Waals surface area contributed by atoms with Gasteiger partial charge in [-0.1, -0.05) is 24.0 Å². The second-order valence-electron chi connectivity index (χ2n) is 18.5. The van der Waals surface area contributed by atoms with E-state index in [0.29, 0.717) is 53.4 Å². The van der Waals surface area contributed by atoms with Gasteiger partial charge in [0.25, 0.3) is 11.8 Å². The summed E-state index contributed by atoms with van der Waals surface area (Å²) in [7, 11) is 2.01. The standard InChI is InChI=1S/C28H26F3N7O.C26H21F3N6O2/c1-36-10-3-11-37(13-12-36)19-21-6-7-23(15-25(21)28(29,30)31)35-27(39)22-14-20(16-32-17-22)5-8-24-18-33-26-4-2-9-34-38(24)26;1-25(37)15-34(16-25)14-18-5-6-20(10-22(18)26(27,28)29)33-24(36)19-9-17(11-30-12-19)4-7-21-13-31-23-3-2-8-32-35(21)23/h2,4,6-7,9,14-18H,3,10-13,19H2,1H3,(H,35,39);2-3,5-6,8-13,37H,14-16H2,1H3,(H,33,36). The van der Waals surface area contributed by atoms with Gasteiger partial charge in [-0.15, -0.1) is 0 Å². The third-order valence-corrected chi connectivity index (χ3v) is 12.3. The number of nitrogens with zero attached hydrogens (tertiary/aromatic N) is 11. The summed E-state index contributed by atoms with van der Waals surface area (Å²) in [6.07, 6.45) is 3.77. The van der Waals surface area contributed by atoms with E-state index in [0.717, 1.165) is 38.2 Å². The number of alkyl halides is 6. The van der Waals surface area contributed by atoms with Crippen molar-refractivity contribution in [2.75, 3.05) is 56.9 Å². The molecular weight excluding hydrogens is 993 g/mol. The van der Waals surface area contributed by atoms with Crippen LogP contribution in [0.3, 0.4) is 0 Å². The highest BCUT2D eigenvalue weighted by molar-refractivity contribution is 6.05. The topological polar surface area (TPSA) is 174 Å². The molecular formula is C54H47F6N13O3. The van der Waals surface area contributed by atoms with Crippen molar-refractivity contribution in [1.29, 1.82) is 0 Å². The van der Waals surface area contributed by atoms with Gasteiger partial charge in [-0.2, -0.15) is 36.5 Å². The number of carbonyl (C=O) groups is 2. The minimum absolute atomic E-state index is 0.00460. The van der Waals surface area contributed by atoms with Crippen molar-refractivity contribution in [2.45, 2.75) is 44.4 Å². The van der Waals surface area contributed by atoms with Crippen molar-refractivity contribution < 1.29 is 41.0 Å². The molecule has 2 saturated heterocycles. The molecule has 8 aromatic rings. The minimum Gasteiger partial charge on any atom is -0.388 e. The van der Waals surface area contributed by atoms with E-state index in [1.54, 1.807) is 69.9 Å². The Labute approximate surface area is 431 Å². The van der Waals surface area contributed by atoms with Gasteiger partial charge in [0.15, 0.2) is 11.3 Å². The van der Waals surface area contributed by atoms with Crippen LogP contribution in [0.2, 0.25) is 0 Å². The number of amides is 2. The number of benzene rings is 2. The van der Waals surface area contributed by atoms with Crippen molar-refractivity contribution in [3.63, 3.8) is 0 Å². The molecule has 388 valence electrons. The van der Waals surface area contributed by atoms with Crippen LogP contribution in [0.15, 0.2) is 122 Å². The Bertz CT molecular complexity index is 3560. The Morgan fingerprint density at radius 2 is 1.11 bits per heavy atom. The molecule has 0 atom stereocenters. The molecule has 2 amide bonds. The van der Waals surface area contributed by atoms with Crippen LogP contribution in [0.1, 0.15) is 78.8 Å². The number of halogens is 6. The van der Waals surface area contributed by atoms with Gasteiger partial charge in [0.05, 0.1) is 40.2 Å². The molecule has 2 aliphatic rings. The van der Waals surface area contributed by atoms with Gasteiger partial charge in [0.1, 0.15) is 11.4 Å². The normalized spacial score (nSPS) is 15.0. The highest BCUT2D eigenvalue weighted by atomic mass is 19.4. The molecule has 3 N–H and O–H groups in total.